The topological polar surface area (TPSA) is 51.2 Å². The summed E-state index contributed by atoms with van der Waals surface area (Å²) in [6, 6.07) is 11.6. The summed E-state index contributed by atoms with van der Waals surface area (Å²) < 4.78 is 19.3. The number of hydrogen-bond donors (Lipinski definition) is 1. The molecular weight excluding hydrogens is 303 g/mol. The van der Waals surface area contributed by atoms with Crippen LogP contribution in [0.5, 0.6) is 5.75 Å². The summed E-state index contributed by atoms with van der Waals surface area (Å²) in [7, 11) is 0. The Morgan fingerprint density at radius 1 is 1.32 bits per heavy atom. The quantitative estimate of drug-likeness (QED) is 0.797. The van der Waals surface area contributed by atoms with Crippen molar-refractivity contribution in [1.82, 2.24) is 4.98 Å². The minimum Gasteiger partial charge on any atom is -0.484 e. The maximum atomic E-state index is 13.0. The summed E-state index contributed by atoms with van der Waals surface area (Å²) in [6.45, 7) is 1.81. The number of fused-ring (bicyclic) bond motifs is 1. The molecule has 0 aliphatic rings. The van der Waals surface area contributed by atoms with Gasteiger partial charge in [-0.05, 0) is 36.8 Å². The van der Waals surface area contributed by atoms with E-state index in [2.05, 4.69) is 10.3 Å². The van der Waals surface area contributed by atoms with Gasteiger partial charge in [-0.25, -0.2) is 9.37 Å². The van der Waals surface area contributed by atoms with Crippen LogP contribution in [0, 0.1) is 12.7 Å². The number of rotatable bonds is 4. The molecule has 0 unspecified atom stereocenters. The van der Waals surface area contributed by atoms with Gasteiger partial charge in [0.25, 0.3) is 5.91 Å². The third-order valence-corrected chi connectivity index (χ3v) is 3.89. The zero-order chi connectivity index (χ0) is 15.5. The lowest BCUT2D eigenvalue weighted by Crippen LogP contribution is -2.20. The summed E-state index contributed by atoms with van der Waals surface area (Å²) in [6.07, 6.45) is 0. The average molecular weight is 316 g/mol. The molecule has 4 nitrogen and oxygen atoms in total. The van der Waals surface area contributed by atoms with Crippen molar-refractivity contribution in [2.75, 3.05) is 11.9 Å². The van der Waals surface area contributed by atoms with Crippen molar-refractivity contribution < 1.29 is 13.9 Å². The summed E-state index contributed by atoms with van der Waals surface area (Å²) in [5, 5.41) is 3.21. The van der Waals surface area contributed by atoms with Gasteiger partial charge in [0.2, 0.25) is 0 Å². The largest absolute Gasteiger partial charge is 0.484 e. The van der Waals surface area contributed by atoms with E-state index >= 15 is 0 Å². The van der Waals surface area contributed by atoms with Gasteiger partial charge in [0.15, 0.2) is 11.7 Å². The van der Waals surface area contributed by atoms with Crippen LogP contribution in [0.25, 0.3) is 10.2 Å². The first-order chi connectivity index (χ1) is 10.6. The monoisotopic (exact) mass is 316 g/mol. The summed E-state index contributed by atoms with van der Waals surface area (Å²) in [4.78, 5) is 16.2. The summed E-state index contributed by atoms with van der Waals surface area (Å²) in [5.74, 6) is -0.422. The molecule has 1 N–H and O–H groups in total. The normalized spacial score (nSPS) is 10.6. The van der Waals surface area contributed by atoms with E-state index in [0.717, 1.165) is 15.8 Å². The van der Waals surface area contributed by atoms with Gasteiger partial charge in [-0.3, -0.25) is 10.1 Å². The molecule has 1 amide bonds. The molecule has 0 aliphatic carbocycles. The van der Waals surface area contributed by atoms with Crippen molar-refractivity contribution >= 4 is 32.6 Å². The summed E-state index contributed by atoms with van der Waals surface area (Å²) >= 11 is 1.41. The Bertz CT molecular complexity index is 832. The fourth-order valence-electron chi connectivity index (χ4n) is 1.95. The molecule has 0 saturated carbocycles. The Kier molecular flexibility index (Phi) is 4.02. The molecule has 0 bridgehead atoms. The first kappa shape index (κ1) is 14.5. The lowest BCUT2D eigenvalue weighted by Gasteiger charge is -2.05. The molecule has 2 aromatic carbocycles. The van der Waals surface area contributed by atoms with Crippen molar-refractivity contribution in [2.45, 2.75) is 6.92 Å². The molecular formula is C16H13FN2O2S. The highest BCUT2D eigenvalue weighted by Gasteiger charge is 2.09. The highest BCUT2D eigenvalue weighted by Crippen LogP contribution is 2.26. The van der Waals surface area contributed by atoms with Gasteiger partial charge in [-0.2, -0.15) is 0 Å². The Morgan fingerprint density at radius 3 is 3.00 bits per heavy atom. The van der Waals surface area contributed by atoms with Crippen molar-refractivity contribution in [2.24, 2.45) is 0 Å². The van der Waals surface area contributed by atoms with Gasteiger partial charge in [-0.1, -0.05) is 23.5 Å². The van der Waals surface area contributed by atoms with Crippen LogP contribution in [0.3, 0.4) is 0 Å². The molecule has 112 valence electrons. The van der Waals surface area contributed by atoms with Crippen molar-refractivity contribution in [3.63, 3.8) is 0 Å². The smallest absolute Gasteiger partial charge is 0.264 e. The molecule has 1 heterocycles. The van der Waals surface area contributed by atoms with E-state index in [1.54, 1.807) is 6.07 Å². The van der Waals surface area contributed by atoms with E-state index in [-0.39, 0.29) is 12.5 Å². The molecule has 3 aromatic rings. The van der Waals surface area contributed by atoms with E-state index in [1.807, 2.05) is 25.1 Å². The number of halogens is 1. The number of hydrogen-bond acceptors (Lipinski definition) is 4. The molecule has 3 rings (SSSR count). The lowest BCUT2D eigenvalue weighted by atomic mass is 10.2. The number of nitrogens with zero attached hydrogens (tertiary/aromatic N) is 1. The molecule has 0 fully saturated rings. The van der Waals surface area contributed by atoms with Crippen LogP contribution in [-0.4, -0.2) is 17.5 Å². The number of carbonyl (C=O) groups is 1. The van der Waals surface area contributed by atoms with E-state index < -0.39 is 5.82 Å². The minimum atomic E-state index is -0.403. The minimum absolute atomic E-state index is 0.196. The number of ether oxygens (including phenoxy) is 1. The van der Waals surface area contributed by atoms with Gasteiger partial charge in [0, 0.05) is 6.07 Å². The number of aromatic nitrogens is 1. The molecule has 0 radical (unpaired) electrons. The molecule has 6 heteroatoms. The van der Waals surface area contributed by atoms with Crippen LogP contribution >= 0.6 is 11.3 Å². The van der Waals surface area contributed by atoms with Crippen molar-refractivity contribution in [3.05, 3.63) is 53.8 Å². The first-order valence-corrected chi connectivity index (χ1v) is 7.47. The van der Waals surface area contributed by atoms with E-state index in [9.17, 15) is 9.18 Å². The number of carbonyl (C=O) groups excluding carboxylic acids is 1. The SMILES string of the molecule is Cc1ccc2nc(NC(=O)COc3cccc(F)c3)sc2c1. The predicted octanol–water partition coefficient (Wildman–Crippen LogP) is 3.76. The first-order valence-electron chi connectivity index (χ1n) is 6.65. The molecule has 0 atom stereocenters. The van der Waals surface area contributed by atoms with Crippen LogP contribution < -0.4 is 10.1 Å². The second-order valence-corrected chi connectivity index (χ2v) is 5.82. The van der Waals surface area contributed by atoms with Crippen LogP contribution in [0.15, 0.2) is 42.5 Å². The number of benzene rings is 2. The van der Waals surface area contributed by atoms with Crippen LogP contribution in [0.2, 0.25) is 0 Å². The highest BCUT2D eigenvalue weighted by molar-refractivity contribution is 7.22. The second kappa shape index (κ2) is 6.11. The molecule has 22 heavy (non-hydrogen) atoms. The number of nitrogens with one attached hydrogen (secondary N) is 1. The maximum Gasteiger partial charge on any atom is 0.264 e. The molecule has 1 aromatic heterocycles. The fraction of sp³-hybridized carbons (Fsp3) is 0.125. The molecule has 0 spiro atoms. The number of thiazole rings is 1. The number of aryl methyl sites for hydroxylation is 1. The Labute approximate surface area is 130 Å². The highest BCUT2D eigenvalue weighted by atomic mass is 32.1. The number of amides is 1. The average Bonchev–Trinajstić information content (AvgIpc) is 2.86. The number of anilines is 1. The van der Waals surface area contributed by atoms with Crippen molar-refractivity contribution in [3.8, 4) is 5.75 Å². The van der Waals surface area contributed by atoms with Gasteiger partial charge < -0.3 is 4.74 Å². The second-order valence-electron chi connectivity index (χ2n) is 4.78. The van der Waals surface area contributed by atoms with Crippen LogP contribution in [0.4, 0.5) is 9.52 Å². The zero-order valence-electron chi connectivity index (χ0n) is 11.8. The van der Waals surface area contributed by atoms with Gasteiger partial charge in [0.05, 0.1) is 10.2 Å². The van der Waals surface area contributed by atoms with Crippen LogP contribution in [-0.2, 0) is 4.79 Å². The zero-order valence-corrected chi connectivity index (χ0v) is 12.6. The fourth-order valence-corrected chi connectivity index (χ4v) is 2.93. The third kappa shape index (κ3) is 3.40. The van der Waals surface area contributed by atoms with E-state index in [0.29, 0.717) is 10.9 Å². The van der Waals surface area contributed by atoms with Gasteiger partial charge in [0.1, 0.15) is 11.6 Å². The predicted molar refractivity (Wildman–Crippen MR) is 84.9 cm³/mol. The summed E-state index contributed by atoms with van der Waals surface area (Å²) in [5.41, 5.74) is 1.99. The van der Waals surface area contributed by atoms with E-state index in [1.165, 1.54) is 29.5 Å². The Morgan fingerprint density at radius 2 is 2.18 bits per heavy atom. The van der Waals surface area contributed by atoms with E-state index in [4.69, 9.17) is 4.74 Å². The van der Waals surface area contributed by atoms with Gasteiger partial charge in [-0.15, -0.1) is 0 Å². The maximum absolute atomic E-state index is 13.0. The molecule has 0 aliphatic heterocycles. The van der Waals surface area contributed by atoms with Gasteiger partial charge >= 0.3 is 0 Å². The third-order valence-electron chi connectivity index (χ3n) is 2.96. The Balaban J connectivity index is 1.63. The standard InChI is InChI=1S/C16H13FN2O2S/c1-10-5-6-13-14(7-10)22-16(18-13)19-15(20)9-21-12-4-2-3-11(17)8-12/h2-8H,9H2,1H3,(H,18,19,20). The molecule has 0 saturated heterocycles. The van der Waals surface area contributed by atoms with Crippen LogP contribution in [0.1, 0.15) is 5.56 Å². The Hall–Kier alpha value is -2.47. The van der Waals surface area contributed by atoms with Crippen molar-refractivity contribution in [1.29, 1.82) is 0 Å². The lowest BCUT2D eigenvalue weighted by molar-refractivity contribution is -0.118.